The minimum absolute atomic E-state index is 0.379. The van der Waals surface area contributed by atoms with Crippen molar-refractivity contribution in [3.63, 3.8) is 0 Å². The van der Waals surface area contributed by atoms with Crippen molar-refractivity contribution in [1.82, 2.24) is 15.3 Å². The van der Waals surface area contributed by atoms with Crippen molar-refractivity contribution in [2.24, 2.45) is 5.10 Å². The van der Waals surface area contributed by atoms with Gasteiger partial charge in [-0.2, -0.15) is 10.1 Å². The van der Waals surface area contributed by atoms with Crippen LogP contribution in [0.25, 0.3) is 0 Å². The summed E-state index contributed by atoms with van der Waals surface area (Å²) < 4.78 is 16.9. The smallest absolute Gasteiger partial charge is 0.433 e. The molecule has 9 nitrogen and oxygen atoms in total. The van der Waals surface area contributed by atoms with Gasteiger partial charge in [-0.05, 0) is 49.2 Å². The summed E-state index contributed by atoms with van der Waals surface area (Å²) >= 11 is 0. The molecule has 36 heavy (non-hydrogen) atoms. The largest absolute Gasteiger partial charge is 0.493 e. The predicted octanol–water partition coefficient (Wildman–Crippen LogP) is 4.55. The summed E-state index contributed by atoms with van der Waals surface area (Å²) in [6, 6.07) is 17.8. The number of methoxy groups -OCH3 is 1. The maximum atomic E-state index is 13.1. The van der Waals surface area contributed by atoms with E-state index in [1.54, 1.807) is 31.4 Å². The highest BCUT2D eigenvalue weighted by Crippen LogP contribution is 2.31. The molecule has 0 spiro atoms. The van der Waals surface area contributed by atoms with E-state index in [-0.39, 0.29) is 5.91 Å². The van der Waals surface area contributed by atoms with Crippen molar-refractivity contribution in [1.29, 1.82) is 0 Å². The lowest BCUT2D eigenvalue weighted by atomic mass is 10.0. The Balaban J connectivity index is 1.76. The Hall–Kier alpha value is -4.40. The van der Waals surface area contributed by atoms with Crippen LogP contribution in [0.2, 0.25) is 0 Å². The molecule has 1 aliphatic heterocycles. The van der Waals surface area contributed by atoms with E-state index in [2.05, 4.69) is 10.3 Å². The predicted molar refractivity (Wildman–Crippen MR) is 134 cm³/mol. The van der Waals surface area contributed by atoms with Crippen LogP contribution in [-0.2, 0) is 4.74 Å². The summed E-state index contributed by atoms with van der Waals surface area (Å²) in [5, 5.41) is 8.79. The van der Waals surface area contributed by atoms with E-state index in [9.17, 15) is 9.59 Å². The summed E-state index contributed by atoms with van der Waals surface area (Å²) in [4.78, 5) is 30.1. The van der Waals surface area contributed by atoms with Gasteiger partial charge in [0, 0.05) is 23.5 Å². The van der Waals surface area contributed by atoms with Crippen molar-refractivity contribution in [3.8, 4) is 11.5 Å². The zero-order chi connectivity index (χ0) is 25.5. The molecule has 1 N–H and O–H groups in total. The van der Waals surface area contributed by atoms with Gasteiger partial charge in [0.05, 0.1) is 13.7 Å². The van der Waals surface area contributed by atoms with Gasteiger partial charge in [0.1, 0.15) is 11.8 Å². The first-order valence-corrected chi connectivity index (χ1v) is 11.7. The Labute approximate surface area is 209 Å². The first-order valence-electron chi connectivity index (χ1n) is 11.7. The number of cyclic esters (lactones) is 1. The number of nitrogens with zero attached hydrogens (tertiary/aromatic N) is 3. The lowest BCUT2D eigenvalue weighted by molar-refractivity contribution is 0.0493. The van der Waals surface area contributed by atoms with E-state index >= 15 is 0 Å². The van der Waals surface area contributed by atoms with Crippen LogP contribution in [0.1, 0.15) is 47.9 Å². The molecule has 0 fully saturated rings. The van der Waals surface area contributed by atoms with Gasteiger partial charge in [0.2, 0.25) is 0 Å². The highest BCUT2D eigenvalue weighted by atomic mass is 16.6. The van der Waals surface area contributed by atoms with Crippen molar-refractivity contribution < 1.29 is 23.8 Å². The molecule has 3 aromatic rings. The number of hydrogen-bond acceptors (Lipinski definition) is 7. The number of amides is 2. The molecule has 0 saturated heterocycles. The lowest BCUT2D eigenvalue weighted by Crippen LogP contribution is -2.48. The number of rotatable bonds is 9. The third-order valence-electron chi connectivity index (χ3n) is 5.65. The zero-order valence-corrected chi connectivity index (χ0v) is 20.4. The van der Waals surface area contributed by atoms with Crippen molar-refractivity contribution >= 4 is 17.7 Å². The van der Waals surface area contributed by atoms with Crippen LogP contribution in [0.5, 0.6) is 11.5 Å². The van der Waals surface area contributed by atoms with Gasteiger partial charge < -0.3 is 19.5 Å². The Bertz CT molecular complexity index is 1230. The molecule has 2 amide bonds. The second-order valence-electron chi connectivity index (χ2n) is 7.93. The number of benzene rings is 2. The SMILES string of the molecule is CCOc1ccc(C2=NN(C(NC(=O)c3ccncc3)c3ccccc3)C(=O)OC2CC)cc1OC. The minimum atomic E-state index is -0.906. The molecule has 2 atom stereocenters. The first-order chi connectivity index (χ1) is 17.5. The summed E-state index contributed by atoms with van der Waals surface area (Å²) in [5.41, 5.74) is 2.33. The van der Waals surface area contributed by atoms with E-state index in [0.29, 0.717) is 46.9 Å². The first kappa shape index (κ1) is 24.7. The normalized spacial score (nSPS) is 16.0. The van der Waals surface area contributed by atoms with Crippen LogP contribution in [0.4, 0.5) is 4.79 Å². The van der Waals surface area contributed by atoms with E-state index in [1.165, 1.54) is 17.4 Å². The number of ether oxygens (including phenoxy) is 3. The van der Waals surface area contributed by atoms with E-state index in [1.807, 2.05) is 50.2 Å². The molecule has 0 aliphatic carbocycles. The molecule has 2 aromatic carbocycles. The number of carbonyl (C=O) groups is 2. The fraction of sp³-hybridized carbons (Fsp3) is 0.259. The molecule has 0 radical (unpaired) electrons. The minimum Gasteiger partial charge on any atom is -0.493 e. The molecular formula is C27H28N4O5. The molecule has 186 valence electrons. The van der Waals surface area contributed by atoms with Gasteiger partial charge in [0.25, 0.3) is 5.91 Å². The second-order valence-corrected chi connectivity index (χ2v) is 7.93. The van der Waals surface area contributed by atoms with E-state index in [4.69, 9.17) is 19.3 Å². The third kappa shape index (κ3) is 5.30. The van der Waals surface area contributed by atoms with Gasteiger partial charge in [-0.3, -0.25) is 9.78 Å². The quantitative estimate of drug-likeness (QED) is 0.474. The molecule has 0 bridgehead atoms. The van der Waals surface area contributed by atoms with Crippen LogP contribution in [0, 0.1) is 0 Å². The van der Waals surface area contributed by atoms with E-state index in [0.717, 1.165) is 0 Å². The van der Waals surface area contributed by atoms with Crippen molar-refractivity contribution in [3.05, 3.63) is 89.7 Å². The summed E-state index contributed by atoms with van der Waals surface area (Å²) in [6.45, 7) is 4.30. The molecule has 1 aromatic heterocycles. The number of pyridine rings is 1. The number of carbonyl (C=O) groups excluding carboxylic acids is 2. The highest BCUT2D eigenvalue weighted by molar-refractivity contribution is 6.06. The maximum Gasteiger partial charge on any atom is 0.433 e. The van der Waals surface area contributed by atoms with Gasteiger partial charge in [0.15, 0.2) is 17.7 Å². The Morgan fingerprint density at radius 3 is 2.50 bits per heavy atom. The van der Waals surface area contributed by atoms with Crippen LogP contribution < -0.4 is 14.8 Å². The fourth-order valence-electron chi connectivity index (χ4n) is 3.87. The van der Waals surface area contributed by atoms with E-state index < -0.39 is 18.4 Å². The van der Waals surface area contributed by atoms with Gasteiger partial charge in [-0.1, -0.05) is 37.3 Å². The standard InChI is InChI=1S/C27H28N4O5/c1-4-21-24(20-11-12-22(35-5-2)23(17-20)34-3)30-31(27(33)36-21)25(18-9-7-6-8-10-18)29-26(32)19-13-15-28-16-14-19/h6-17,21,25H,4-5H2,1-3H3,(H,29,32). The van der Waals surface area contributed by atoms with Crippen molar-refractivity contribution in [2.75, 3.05) is 13.7 Å². The molecule has 2 heterocycles. The van der Waals surface area contributed by atoms with Crippen LogP contribution >= 0.6 is 0 Å². The topological polar surface area (TPSA) is 102 Å². The summed E-state index contributed by atoms with van der Waals surface area (Å²) in [5.74, 6) is 0.769. The lowest BCUT2D eigenvalue weighted by Gasteiger charge is -2.34. The molecule has 2 unspecified atom stereocenters. The number of hydrogen-bond donors (Lipinski definition) is 1. The zero-order valence-electron chi connectivity index (χ0n) is 20.4. The number of hydrazone groups is 1. The fourth-order valence-corrected chi connectivity index (χ4v) is 3.87. The monoisotopic (exact) mass is 488 g/mol. The van der Waals surface area contributed by atoms with Gasteiger partial charge >= 0.3 is 6.09 Å². The summed E-state index contributed by atoms with van der Waals surface area (Å²) in [7, 11) is 1.56. The summed E-state index contributed by atoms with van der Waals surface area (Å²) in [6.07, 6.45) is 1.45. The number of aromatic nitrogens is 1. The average molecular weight is 489 g/mol. The molecule has 0 saturated carbocycles. The van der Waals surface area contributed by atoms with Crippen LogP contribution in [-0.4, -0.2) is 47.5 Å². The van der Waals surface area contributed by atoms with Crippen molar-refractivity contribution in [2.45, 2.75) is 32.5 Å². The molecule has 1 aliphatic rings. The second kappa shape index (κ2) is 11.4. The highest BCUT2D eigenvalue weighted by Gasteiger charge is 2.36. The van der Waals surface area contributed by atoms with Crippen LogP contribution in [0.15, 0.2) is 78.2 Å². The third-order valence-corrected chi connectivity index (χ3v) is 5.65. The molecule has 4 rings (SSSR count). The maximum absolute atomic E-state index is 13.1. The van der Waals surface area contributed by atoms with Gasteiger partial charge in [-0.15, -0.1) is 0 Å². The Morgan fingerprint density at radius 2 is 1.83 bits per heavy atom. The van der Waals surface area contributed by atoms with Crippen LogP contribution in [0.3, 0.4) is 0 Å². The Morgan fingerprint density at radius 1 is 1.08 bits per heavy atom. The number of nitrogens with one attached hydrogen (secondary N) is 1. The van der Waals surface area contributed by atoms with Gasteiger partial charge in [-0.25, -0.2) is 4.79 Å². The molecule has 9 heteroatoms. The molecular weight excluding hydrogens is 460 g/mol. The Kier molecular flexibility index (Phi) is 7.79. The average Bonchev–Trinajstić information content (AvgIpc) is 2.93.